The number of carbonyl (C=O) groups is 1. The van der Waals surface area contributed by atoms with Crippen molar-refractivity contribution in [3.63, 3.8) is 0 Å². The summed E-state index contributed by atoms with van der Waals surface area (Å²) in [5.74, 6) is -0.129. The topological polar surface area (TPSA) is 87.7 Å². The standard InChI is InChI=1S/C15H20BrN3O2/c16-12-6-4-11(5-7-12)10-18-14(20)15(13(17)19-21)8-2-1-3-9-15/h4-7,21H,1-3,8-10H2,(H2,17,19)(H,18,20). The fraction of sp³-hybridized carbons (Fsp3) is 0.467. The Morgan fingerprint density at radius 3 is 2.48 bits per heavy atom. The van der Waals surface area contributed by atoms with E-state index in [4.69, 9.17) is 10.9 Å². The van der Waals surface area contributed by atoms with Crippen LogP contribution < -0.4 is 11.1 Å². The van der Waals surface area contributed by atoms with Gasteiger partial charge in [-0.05, 0) is 30.5 Å². The van der Waals surface area contributed by atoms with Crippen molar-refractivity contribution in [1.82, 2.24) is 5.32 Å². The lowest BCUT2D eigenvalue weighted by Gasteiger charge is -2.34. The van der Waals surface area contributed by atoms with Gasteiger partial charge in [0.1, 0.15) is 5.41 Å². The number of nitrogens with one attached hydrogen (secondary N) is 1. The van der Waals surface area contributed by atoms with Gasteiger partial charge in [-0.2, -0.15) is 0 Å². The maximum absolute atomic E-state index is 12.6. The van der Waals surface area contributed by atoms with Crippen LogP contribution in [0.3, 0.4) is 0 Å². The number of oxime groups is 1. The van der Waals surface area contributed by atoms with Gasteiger partial charge in [-0.15, -0.1) is 0 Å². The van der Waals surface area contributed by atoms with E-state index in [9.17, 15) is 4.79 Å². The van der Waals surface area contributed by atoms with Gasteiger partial charge in [0.05, 0.1) is 0 Å². The van der Waals surface area contributed by atoms with Crippen molar-refractivity contribution in [1.29, 1.82) is 0 Å². The quantitative estimate of drug-likeness (QED) is 0.336. The Hall–Kier alpha value is -1.56. The number of carbonyl (C=O) groups excluding carboxylic acids is 1. The summed E-state index contributed by atoms with van der Waals surface area (Å²) in [6.07, 6.45) is 4.19. The molecule has 1 fully saturated rings. The van der Waals surface area contributed by atoms with Crippen LogP contribution in [-0.2, 0) is 11.3 Å². The number of benzene rings is 1. The minimum atomic E-state index is -0.859. The molecule has 0 unspecified atom stereocenters. The molecule has 4 N–H and O–H groups in total. The van der Waals surface area contributed by atoms with Gasteiger partial charge in [-0.3, -0.25) is 4.79 Å². The lowest BCUT2D eigenvalue weighted by atomic mass is 9.72. The molecular weight excluding hydrogens is 334 g/mol. The molecule has 0 spiro atoms. The lowest BCUT2D eigenvalue weighted by molar-refractivity contribution is -0.129. The van der Waals surface area contributed by atoms with E-state index in [-0.39, 0.29) is 11.7 Å². The van der Waals surface area contributed by atoms with Gasteiger partial charge in [0.25, 0.3) is 0 Å². The first kappa shape index (κ1) is 15.8. The summed E-state index contributed by atoms with van der Waals surface area (Å²) in [7, 11) is 0. The number of amidine groups is 1. The number of nitrogens with zero attached hydrogens (tertiary/aromatic N) is 1. The van der Waals surface area contributed by atoms with Crippen molar-refractivity contribution >= 4 is 27.7 Å². The molecule has 2 rings (SSSR count). The molecule has 1 amide bonds. The first-order valence-electron chi connectivity index (χ1n) is 7.09. The second-order valence-corrected chi connectivity index (χ2v) is 6.35. The summed E-state index contributed by atoms with van der Waals surface area (Å²) >= 11 is 3.38. The van der Waals surface area contributed by atoms with Crippen LogP contribution in [0.5, 0.6) is 0 Å². The highest BCUT2D eigenvalue weighted by Crippen LogP contribution is 2.36. The molecule has 1 aliphatic rings. The first-order chi connectivity index (χ1) is 10.1. The van der Waals surface area contributed by atoms with Crippen LogP contribution >= 0.6 is 15.9 Å². The average molecular weight is 354 g/mol. The van der Waals surface area contributed by atoms with E-state index in [1.54, 1.807) is 0 Å². The Kier molecular flexibility index (Phi) is 5.22. The summed E-state index contributed by atoms with van der Waals surface area (Å²) < 4.78 is 0.998. The van der Waals surface area contributed by atoms with Gasteiger partial charge in [-0.1, -0.05) is 52.5 Å². The Morgan fingerprint density at radius 2 is 1.90 bits per heavy atom. The zero-order valence-electron chi connectivity index (χ0n) is 11.8. The summed E-state index contributed by atoms with van der Waals surface area (Å²) in [5, 5.41) is 15.0. The number of nitrogens with two attached hydrogens (primary N) is 1. The van der Waals surface area contributed by atoms with Crippen molar-refractivity contribution in [2.24, 2.45) is 16.3 Å². The highest BCUT2D eigenvalue weighted by Gasteiger charge is 2.43. The smallest absolute Gasteiger partial charge is 0.234 e. The van der Waals surface area contributed by atoms with E-state index in [1.165, 1.54) is 0 Å². The Bertz CT molecular complexity index is 522. The summed E-state index contributed by atoms with van der Waals surface area (Å²) in [5.41, 5.74) is 5.96. The van der Waals surface area contributed by atoms with Gasteiger partial charge in [0.15, 0.2) is 5.84 Å². The van der Waals surface area contributed by atoms with Crippen molar-refractivity contribution in [3.8, 4) is 0 Å². The fourth-order valence-corrected chi connectivity index (χ4v) is 3.07. The maximum Gasteiger partial charge on any atom is 0.234 e. The van der Waals surface area contributed by atoms with Gasteiger partial charge >= 0.3 is 0 Å². The van der Waals surface area contributed by atoms with Crippen LogP contribution in [0.2, 0.25) is 0 Å². The highest BCUT2D eigenvalue weighted by molar-refractivity contribution is 9.10. The van der Waals surface area contributed by atoms with Crippen LogP contribution in [0.15, 0.2) is 33.9 Å². The molecule has 1 aromatic carbocycles. The SMILES string of the molecule is NC(=NO)C1(C(=O)NCc2ccc(Br)cc2)CCCCC1. The predicted octanol–water partition coefficient (Wildman–Crippen LogP) is 2.76. The molecular formula is C15H20BrN3O2. The largest absolute Gasteiger partial charge is 0.409 e. The molecule has 0 atom stereocenters. The second kappa shape index (κ2) is 6.93. The zero-order chi connectivity index (χ0) is 15.3. The van der Waals surface area contributed by atoms with Crippen LogP contribution in [0, 0.1) is 5.41 Å². The van der Waals surface area contributed by atoms with Crippen molar-refractivity contribution in [2.45, 2.75) is 38.6 Å². The normalized spacial score (nSPS) is 18.2. The van der Waals surface area contributed by atoms with Crippen molar-refractivity contribution < 1.29 is 10.0 Å². The molecule has 114 valence electrons. The predicted molar refractivity (Wildman–Crippen MR) is 84.9 cm³/mol. The summed E-state index contributed by atoms with van der Waals surface area (Å²) in [6, 6.07) is 7.76. The minimum absolute atomic E-state index is 0.0236. The molecule has 1 aliphatic carbocycles. The Balaban J connectivity index is 2.07. The number of halogens is 1. The molecule has 0 bridgehead atoms. The number of rotatable bonds is 4. The third kappa shape index (κ3) is 3.56. The molecule has 1 saturated carbocycles. The lowest BCUT2D eigenvalue weighted by Crippen LogP contribution is -2.50. The number of amides is 1. The average Bonchev–Trinajstić information content (AvgIpc) is 2.53. The molecule has 0 heterocycles. The minimum Gasteiger partial charge on any atom is -0.409 e. The molecule has 21 heavy (non-hydrogen) atoms. The fourth-order valence-electron chi connectivity index (χ4n) is 2.80. The van der Waals surface area contributed by atoms with Crippen molar-refractivity contribution in [2.75, 3.05) is 0 Å². The molecule has 1 aromatic rings. The van der Waals surface area contributed by atoms with E-state index >= 15 is 0 Å². The molecule has 0 radical (unpaired) electrons. The van der Waals surface area contributed by atoms with Gasteiger partial charge in [0.2, 0.25) is 5.91 Å². The van der Waals surface area contributed by atoms with E-state index in [0.29, 0.717) is 19.4 Å². The van der Waals surface area contributed by atoms with Crippen LogP contribution in [0.25, 0.3) is 0 Å². The third-order valence-electron chi connectivity index (χ3n) is 4.11. The maximum atomic E-state index is 12.6. The van der Waals surface area contributed by atoms with Gasteiger partial charge in [0, 0.05) is 11.0 Å². The number of hydrogen-bond donors (Lipinski definition) is 3. The van der Waals surface area contributed by atoms with Crippen LogP contribution in [0.4, 0.5) is 0 Å². The first-order valence-corrected chi connectivity index (χ1v) is 7.88. The van der Waals surface area contributed by atoms with E-state index in [2.05, 4.69) is 26.4 Å². The molecule has 5 nitrogen and oxygen atoms in total. The van der Waals surface area contributed by atoms with Crippen LogP contribution in [0.1, 0.15) is 37.7 Å². The Labute approximate surface area is 132 Å². The third-order valence-corrected chi connectivity index (χ3v) is 4.63. The van der Waals surface area contributed by atoms with E-state index in [0.717, 1.165) is 29.3 Å². The molecule has 0 aromatic heterocycles. The van der Waals surface area contributed by atoms with E-state index in [1.807, 2.05) is 24.3 Å². The second-order valence-electron chi connectivity index (χ2n) is 5.44. The van der Waals surface area contributed by atoms with E-state index < -0.39 is 5.41 Å². The van der Waals surface area contributed by atoms with Gasteiger partial charge in [-0.25, -0.2) is 0 Å². The summed E-state index contributed by atoms with van der Waals surface area (Å²) in [6.45, 7) is 0.437. The summed E-state index contributed by atoms with van der Waals surface area (Å²) in [4.78, 5) is 12.6. The monoisotopic (exact) mass is 353 g/mol. The van der Waals surface area contributed by atoms with Crippen molar-refractivity contribution in [3.05, 3.63) is 34.3 Å². The zero-order valence-corrected chi connectivity index (χ0v) is 13.4. The van der Waals surface area contributed by atoms with Gasteiger partial charge < -0.3 is 16.3 Å². The van der Waals surface area contributed by atoms with Crippen LogP contribution in [-0.4, -0.2) is 17.0 Å². The number of hydrogen-bond acceptors (Lipinski definition) is 3. The Morgan fingerprint density at radius 1 is 1.29 bits per heavy atom. The molecule has 0 aliphatic heterocycles. The molecule has 6 heteroatoms. The molecule has 0 saturated heterocycles. The highest BCUT2D eigenvalue weighted by atomic mass is 79.9.